The zero-order valence-corrected chi connectivity index (χ0v) is 9.81. The van der Waals surface area contributed by atoms with Crippen molar-refractivity contribution in [2.75, 3.05) is 11.5 Å². The van der Waals surface area contributed by atoms with E-state index in [4.69, 9.17) is 0 Å². The van der Waals surface area contributed by atoms with E-state index >= 15 is 0 Å². The van der Waals surface area contributed by atoms with E-state index < -0.39 is 0 Å². The third-order valence-corrected chi connectivity index (χ3v) is 3.20. The van der Waals surface area contributed by atoms with Crippen molar-refractivity contribution in [3.8, 4) is 0 Å². The summed E-state index contributed by atoms with van der Waals surface area (Å²) in [4.78, 5) is 11.6. The van der Waals surface area contributed by atoms with Gasteiger partial charge in [0.25, 0.3) is 0 Å². The molecule has 1 aromatic carbocycles. The first kappa shape index (κ1) is 12.2. The molecule has 1 nitrogen and oxygen atoms in total. The van der Waals surface area contributed by atoms with E-state index in [1.54, 1.807) is 23.9 Å². The summed E-state index contributed by atoms with van der Waals surface area (Å²) in [6, 6.07) is 5.85. The maximum atomic E-state index is 12.8. The van der Waals surface area contributed by atoms with E-state index in [9.17, 15) is 9.18 Å². The average Bonchev–Trinajstić information content (AvgIpc) is 2.17. The fourth-order valence-corrected chi connectivity index (χ4v) is 2.07. The molecule has 0 aromatic heterocycles. The molecule has 1 aromatic rings. The summed E-state index contributed by atoms with van der Waals surface area (Å²) in [6.07, 6.45) is 0. The molecular weight excluding hydrogens is 211 g/mol. The Labute approximate surface area is 94.1 Å². The van der Waals surface area contributed by atoms with Crippen molar-refractivity contribution in [1.29, 1.82) is 0 Å². The van der Waals surface area contributed by atoms with Crippen LogP contribution in [-0.2, 0) is 0 Å². The lowest BCUT2D eigenvalue weighted by molar-refractivity contribution is 0.102. The van der Waals surface area contributed by atoms with Gasteiger partial charge >= 0.3 is 0 Å². The lowest BCUT2D eigenvalue weighted by Crippen LogP contribution is -2.04. The van der Waals surface area contributed by atoms with Gasteiger partial charge in [0.15, 0.2) is 5.78 Å². The number of rotatable bonds is 5. The van der Waals surface area contributed by atoms with Gasteiger partial charge in [0, 0.05) is 5.56 Å². The van der Waals surface area contributed by atoms with Gasteiger partial charge in [0.1, 0.15) is 5.82 Å². The van der Waals surface area contributed by atoms with Gasteiger partial charge in [-0.15, -0.1) is 0 Å². The SMILES string of the molecule is CC(C)CSCC(=O)c1cccc(F)c1. The third kappa shape index (κ3) is 4.47. The van der Waals surface area contributed by atoms with Crippen molar-refractivity contribution in [2.45, 2.75) is 13.8 Å². The van der Waals surface area contributed by atoms with E-state index in [1.807, 2.05) is 0 Å². The van der Waals surface area contributed by atoms with Gasteiger partial charge in [0.2, 0.25) is 0 Å². The van der Waals surface area contributed by atoms with E-state index in [2.05, 4.69) is 13.8 Å². The lowest BCUT2D eigenvalue weighted by atomic mass is 10.1. The minimum Gasteiger partial charge on any atom is -0.293 e. The zero-order chi connectivity index (χ0) is 11.3. The Bertz CT molecular complexity index is 336. The van der Waals surface area contributed by atoms with Crippen LogP contribution in [0.3, 0.4) is 0 Å². The Morgan fingerprint density at radius 1 is 1.47 bits per heavy atom. The maximum Gasteiger partial charge on any atom is 0.172 e. The number of ketones is 1. The highest BCUT2D eigenvalue weighted by atomic mass is 32.2. The molecule has 3 heteroatoms. The van der Waals surface area contributed by atoms with Crippen molar-refractivity contribution in [3.63, 3.8) is 0 Å². The molecule has 0 bridgehead atoms. The van der Waals surface area contributed by atoms with Crippen LogP contribution in [0, 0.1) is 11.7 Å². The molecule has 0 saturated carbocycles. The second-order valence-corrected chi connectivity index (χ2v) is 4.87. The molecule has 0 fully saturated rings. The second kappa shape index (κ2) is 5.91. The van der Waals surface area contributed by atoms with Crippen LogP contribution in [0.4, 0.5) is 4.39 Å². The van der Waals surface area contributed by atoms with E-state index in [0.29, 0.717) is 17.2 Å². The predicted octanol–water partition coefficient (Wildman–Crippen LogP) is 3.40. The molecule has 15 heavy (non-hydrogen) atoms. The van der Waals surface area contributed by atoms with Crippen LogP contribution in [-0.4, -0.2) is 17.3 Å². The normalized spacial score (nSPS) is 10.7. The minimum atomic E-state index is -0.352. The number of Topliss-reactive ketones (excluding diaryl/α,β-unsaturated/α-hetero) is 1. The van der Waals surface area contributed by atoms with Gasteiger partial charge in [-0.05, 0) is 23.8 Å². The summed E-state index contributed by atoms with van der Waals surface area (Å²) in [5.41, 5.74) is 0.464. The molecule has 0 unspecified atom stereocenters. The predicted molar refractivity (Wildman–Crippen MR) is 62.9 cm³/mol. The topological polar surface area (TPSA) is 17.1 Å². The highest BCUT2D eigenvalue weighted by Crippen LogP contribution is 2.11. The molecule has 0 radical (unpaired) electrons. The summed E-state index contributed by atoms with van der Waals surface area (Å²) in [5.74, 6) is 1.62. The number of carbonyl (C=O) groups is 1. The van der Waals surface area contributed by atoms with Crippen molar-refractivity contribution >= 4 is 17.5 Å². The summed E-state index contributed by atoms with van der Waals surface area (Å²) >= 11 is 1.60. The van der Waals surface area contributed by atoms with Crippen LogP contribution in [0.15, 0.2) is 24.3 Å². The van der Waals surface area contributed by atoms with Gasteiger partial charge in [-0.2, -0.15) is 11.8 Å². The van der Waals surface area contributed by atoms with Crippen LogP contribution in [0.1, 0.15) is 24.2 Å². The fraction of sp³-hybridized carbons (Fsp3) is 0.417. The van der Waals surface area contributed by atoms with Crippen molar-refractivity contribution in [1.82, 2.24) is 0 Å². The van der Waals surface area contributed by atoms with Crippen molar-refractivity contribution in [2.24, 2.45) is 5.92 Å². The standard InChI is InChI=1S/C12H15FOS/c1-9(2)7-15-8-12(14)10-4-3-5-11(13)6-10/h3-6,9H,7-8H2,1-2H3. The molecule has 0 aliphatic carbocycles. The van der Waals surface area contributed by atoms with Gasteiger partial charge in [-0.3, -0.25) is 4.79 Å². The van der Waals surface area contributed by atoms with Crippen LogP contribution in [0.25, 0.3) is 0 Å². The van der Waals surface area contributed by atoms with Crippen LogP contribution in [0.2, 0.25) is 0 Å². The molecule has 0 amide bonds. The minimum absolute atomic E-state index is 0.000139. The molecule has 0 aliphatic heterocycles. The Morgan fingerprint density at radius 3 is 2.80 bits per heavy atom. The first-order valence-corrected chi connectivity index (χ1v) is 6.11. The lowest BCUT2D eigenvalue weighted by Gasteiger charge is -2.04. The summed E-state index contributed by atoms with van der Waals surface area (Å²) in [6.45, 7) is 4.22. The molecule has 0 heterocycles. The number of benzene rings is 1. The Morgan fingerprint density at radius 2 is 2.20 bits per heavy atom. The summed E-state index contributed by atoms with van der Waals surface area (Å²) < 4.78 is 12.8. The highest BCUT2D eigenvalue weighted by Gasteiger charge is 2.06. The number of halogens is 1. The zero-order valence-electron chi connectivity index (χ0n) is 9.00. The van der Waals surface area contributed by atoms with Gasteiger partial charge < -0.3 is 0 Å². The van der Waals surface area contributed by atoms with Crippen LogP contribution in [0.5, 0.6) is 0 Å². The summed E-state index contributed by atoms with van der Waals surface area (Å²) in [7, 11) is 0. The molecule has 0 N–H and O–H groups in total. The monoisotopic (exact) mass is 226 g/mol. The fourth-order valence-electron chi connectivity index (χ4n) is 1.13. The number of thioether (sulfide) groups is 1. The van der Waals surface area contributed by atoms with Gasteiger partial charge in [-0.1, -0.05) is 26.0 Å². The van der Waals surface area contributed by atoms with Crippen LogP contribution < -0.4 is 0 Å². The maximum absolute atomic E-state index is 12.8. The first-order chi connectivity index (χ1) is 7.09. The van der Waals surface area contributed by atoms with Crippen molar-refractivity contribution in [3.05, 3.63) is 35.6 Å². The smallest absolute Gasteiger partial charge is 0.172 e. The summed E-state index contributed by atoms with van der Waals surface area (Å²) in [5, 5.41) is 0. The largest absolute Gasteiger partial charge is 0.293 e. The van der Waals surface area contributed by atoms with E-state index in [-0.39, 0.29) is 11.6 Å². The Hall–Kier alpha value is -0.830. The molecule has 0 aliphatic rings. The first-order valence-electron chi connectivity index (χ1n) is 4.96. The number of hydrogen-bond donors (Lipinski definition) is 0. The molecule has 0 atom stereocenters. The average molecular weight is 226 g/mol. The van der Waals surface area contributed by atoms with Crippen molar-refractivity contribution < 1.29 is 9.18 Å². The van der Waals surface area contributed by atoms with Gasteiger partial charge in [-0.25, -0.2) is 4.39 Å². The molecular formula is C12H15FOS. The third-order valence-electron chi connectivity index (χ3n) is 1.83. The molecule has 1 rings (SSSR count). The van der Waals surface area contributed by atoms with Crippen LogP contribution >= 0.6 is 11.8 Å². The highest BCUT2D eigenvalue weighted by molar-refractivity contribution is 7.99. The second-order valence-electron chi connectivity index (χ2n) is 3.84. The van der Waals surface area contributed by atoms with E-state index in [0.717, 1.165) is 5.75 Å². The Kier molecular flexibility index (Phi) is 4.82. The molecule has 0 saturated heterocycles. The molecule has 82 valence electrons. The van der Waals surface area contributed by atoms with E-state index in [1.165, 1.54) is 12.1 Å². The Balaban J connectivity index is 2.47. The molecule has 0 spiro atoms. The quantitative estimate of drug-likeness (QED) is 0.716. The van der Waals surface area contributed by atoms with Gasteiger partial charge in [0.05, 0.1) is 5.75 Å². The number of hydrogen-bond acceptors (Lipinski definition) is 2. The number of carbonyl (C=O) groups excluding carboxylic acids is 1.